The Balaban J connectivity index is 0. The van der Waals surface area contributed by atoms with Crippen LogP contribution in [0.4, 0.5) is 10.5 Å². The number of benzene rings is 1. The van der Waals surface area contributed by atoms with E-state index >= 15 is 0 Å². The maximum absolute atomic E-state index is 11.6. The van der Waals surface area contributed by atoms with Crippen LogP contribution in [-0.4, -0.2) is 75.5 Å². The molecule has 0 bridgehead atoms. The van der Waals surface area contributed by atoms with E-state index in [0.717, 1.165) is 5.56 Å². The van der Waals surface area contributed by atoms with E-state index in [9.17, 15) is 14.4 Å². The van der Waals surface area contributed by atoms with Gasteiger partial charge in [0.25, 0.3) is 0 Å². The van der Waals surface area contributed by atoms with E-state index < -0.39 is 15.1 Å². The standard InChI is InChI=1S/C17H26N3O8P.C5H13N.C2H6/c21-13-18-11-16(22)20-15-3-1-14(2-4-15)12-27-17(23)19-5-6-25-7-8-26-9-10-28-29-24;1-4(2)5(3)6;1-2/h1-4,13,24,29H,5-12H2,(H,18,21)(H,19,23)(H,20,22);4-5H,6H2,1-3H3;1-2H3. The molecule has 1 aromatic carbocycles. The van der Waals surface area contributed by atoms with Crippen molar-refractivity contribution in [2.45, 2.75) is 47.3 Å². The van der Waals surface area contributed by atoms with Crippen LogP contribution in [0.2, 0.25) is 0 Å². The summed E-state index contributed by atoms with van der Waals surface area (Å²) in [5.74, 6) is 0.287. The molecule has 0 spiro atoms. The minimum atomic E-state index is -0.566. The van der Waals surface area contributed by atoms with E-state index in [1.807, 2.05) is 20.8 Å². The molecule has 0 aliphatic carbocycles. The van der Waals surface area contributed by atoms with Gasteiger partial charge in [-0.15, -0.1) is 0 Å². The van der Waals surface area contributed by atoms with Gasteiger partial charge in [0, 0.05) is 18.3 Å². The SMILES string of the molecule is CC.CC(C)C(C)N.O=CNCC(=O)Nc1ccc(COC(=O)NCCOCCOCCOPO)cc1. The third-order valence-electron chi connectivity index (χ3n) is 4.29. The lowest BCUT2D eigenvalue weighted by Gasteiger charge is -2.09. The second kappa shape index (κ2) is 26.7. The van der Waals surface area contributed by atoms with E-state index in [1.54, 1.807) is 24.3 Å². The van der Waals surface area contributed by atoms with Crippen molar-refractivity contribution < 1.29 is 38.0 Å². The van der Waals surface area contributed by atoms with Gasteiger partial charge >= 0.3 is 6.09 Å². The lowest BCUT2D eigenvalue weighted by atomic mass is 10.1. The second-order valence-corrected chi connectivity index (χ2v) is 7.99. The van der Waals surface area contributed by atoms with E-state index in [1.165, 1.54) is 0 Å². The van der Waals surface area contributed by atoms with Crippen LogP contribution in [0.1, 0.15) is 40.2 Å². The molecule has 2 unspecified atom stereocenters. The van der Waals surface area contributed by atoms with Crippen LogP contribution in [0, 0.1) is 5.92 Å². The van der Waals surface area contributed by atoms with Gasteiger partial charge in [0.05, 0.1) is 39.6 Å². The van der Waals surface area contributed by atoms with Crippen molar-refractivity contribution in [3.8, 4) is 0 Å². The molecule has 0 aliphatic rings. The van der Waals surface area contributed by atoms with Gasteiger partial charge in [-0.05, 0) is 30.5 Å². The van der Waals surface area contributed by atoms with Crippen molar-refractivity contribution >= 4 is 33.1 Å². The number of ether oxygens (including phenoxy) is 3. The summed E-state index contributed by atoms with van der Waals surface area (Å²) in [6.07, 6.45) is -0.117. The van der Waals surface area contributed by atoms with Crippen molar-refractivity contribution in [1.82, 2.24) is 10.6 Å². The number of carbonyl (C=O) groups excluding carboxylic acids is 3. The Bertz CT molecular complexity index is 688. The molecule has 1 aromatic rings. The largest absolute Gasteiger partial charge is 0.445 e. The lowest BCUT2D eigenvalue weighted by Crippen LogP contribution is -2.28. The summed E-state index contributed by atoms with van der Waals surface area (Å²) < 4.78 is 20.3. The first-order valence-corrected chi connectivity index (χ1v) is 13.0. The van der Waals surface area contributed by atoms with Crippen LogP contribution in [0.25, 0.3) is 0 Å². The number of hydrogen-bond acceptors (Lipinski definition) is 9. The number of nitrogens with two attached hydrogens (primary N) is 1. The molecule has 0 aromatic heterocycles. The van der Waals surface area contributed by atoms with Crippen LogP contribution >= 0.6 is 9.03 Å². The molecule has 0 saturated carbocycles. The fraction of sp³-hybridized carbons (Fsp3) is 0.625. The van der Waals surface area contributed by atoms with Gasteiger partial charge < -0.3 is 45.3 Å². The molecule has 13 heteroatoms. The maximum Gasteiger partial charge on any atom is 0.407 e. The average Bonchev–Trinajstić information content (AvgIpc) is 2.89. The molecule has 37 heavy (non-hydrogen) atoms. The number of alkyl carbamates (subject to hydrolysis) is 1. The number of carbonyl (C=O) groups is 3. The average molecular weight is 549 g/mol. The topological polar surface area (TPSA) is 170 Å². The number of hydrogen-bond donors (Lipinski definition) is 5. The van der Waals surface area contributed by atoms with Gasteiger partial charge in [0.2, 0.25) is 12.3 Å². The molecule has 0 heterocycles. The molecule has 12 nitrogen and oxygen atoms in total. The molecular weight excluding hydrogens is 503 g/mol. The Kier molecular flexibility index (Phi) is 26.6. The number of amides is 3. The van der Waals surface area contributed by atoms with Crippen molar-refractivity contribution in [2.75, 3.05) is 51.4 Å². The van der Waals surface area contributed by atoms with Gasteiger partial charge in [0.15, 0.2) is 9.03 Å². The first kappa shape index (κ1) is 36.8. The van der Waals surface area contributed by atoms with Gasteiger partial charge in [-0.2, -0.15) is 0 Å². The Morgan fingerprint density at radius 2 is 1.59 bits per heavy atom. The van der Waals surface area contributed by atoms with Crippen molar-refractivity contribution in [3.63, 3.8) is 0 Å². The minimum Gasteiger partial charge on any atom is -0.445 e. The summed E-state index contributed by atoms with van der Waals surface area (Å²) in [5, 5.41) is 7.44. The number of anilines is 1. The Morgan fingerprint density at radius 1 is 1.03 bits per heavy atom. The fourth-order valence-corrected chi connectivity index (χ4v) is 2.09. The quantitative estimate of drug-likeness (QED) is 0.111. The molecule has 0 aliphatic heterocycles. The van der Waals surface area contributed by atoms with Crippen LogP contribution in [0.3, 0.4) is 0 Å². The fourth-order valence-electron chi connectivity index (χ4n) is 1.92. The van der Waals surface area contributed by atoms with Crippen molar-refractivity contribution in [3.05, 3.63) is 29.8 Å². The van der Waals surface area contributed by atoms with Crippen molar-refractivity contribution in [2.24, 2.45) is 11.7 Å². The molecule has 0 fully saturated rings. The summed E-state index contributed by atoms with van der Waals surface area (Å²) in [6, 6.07) is 7.12. The Labute approximate surface area is 222 Å². The van der Waals surface area contributed by atoms with Crippen LogP contribution in [-0.2, 0) is 34.9 Å². The second-order valence-electron chi connectivity index (χ2n) is 7.51. The number of nitrogens with one attached hydrogen (secondary N) is 3. The summed E-state index contributed by atoms with van der Waals surface area (Å²) >= 11 is 0. The maximum atomic E-state index is 11.6. The summed E-state index contributed by atoms with van der Waals surface area (Å²) in [5.41, 5.74) is 6.76. The zero-order chi connectivity index (χ0) is 28.3. The monoisotopic (exact) mass is 548 g/mol. The summed E-state index contributed by atoms with van der Waals surface area (Å²) in [4.78, 5) is 41.7. The van der Waals surface area contributed by atoms with E-state index in [0.29, 0.717) is 63.6 Å². The molecule has 3 amide bonds. The third-order valence-corrected chi connectivity index (χ3v) is 4.62. The Hall–Kier alpha value is -2.34. The predicted molar refractivity (Wildman–Crippen MR) is 145 cm³/mol. The molecule has 0 radical (unpaired) electrons. The highest BCUT2D eigenvalue weighted by Gasteiger charge is 2.04. The first-order valence-electron chi connectivity index (χ1n) is 12.2. The van der Waals surface area contributed by atoms with Crippen molar-refractivity contribution in [1.29, 1.82) is 0 Å². The highest BCUT2D eigenvalue weighted by atomic mass is 31.1. The molecule has 6 N–H and O–H groups in total. The lowest BCUT2D eigenvalue weighted by molar-refractivity contribution is -0.118. The zero-order valence-electron chi connectivity index (χ0n) is 22.6. The first-order chi connectivity index (χ1) is 17.8. The molecule has 0 saturated heterocycles. The van der Waals surface area contributed by atoms with E-state index in [4.69, 9.17) is 29.4 Å². The van der Waals surface area contributed by atoms with Crippen LogP contribution < -0.4 is 21.7 Å². The highest BCUT2D eigenvalue weighted by molar-refractivity contribution is 7.24. The zero-order valence-corrected chi connectivity index (χ0v) is 23.6. The minimum absolute atomic E-state index is 0.0813. The Morgan fingerprint density at radius 3 is 2.14 bits per heavy atom. The molecule has 1 rings (SSSR count). The summed E-state index contributed by atoms with van der Waals surface area (Å²) in [7, 11) is -0.535. The van der Waals surface area contributed by atoms with Gasteiger partial charge in [-0.1, -0.05) is 39.8 Å². The van der Waals surface area contributed by atoms with Crippen LogP contribution in [0.15, 0.2) is 24.3 Å². The molecule has 2 atom stereocenters. The molecule has 214 valence electrons. The van der Waals surface area contributed by atoms with Gasteiger partial charge in [0.1, 0.15) is 6.61 Å². The number of rotatable bonds is 17. The summed E-state index contributed by atoms with van der Waals surface area (Å²) in [6.45, 7) is 12.3. The normalized spacial score (nSPS) is 11.0. The predicted octanol–water partition coefficient (Wildman–Crippen LogP) is 2.16. The van der Waals surface area contributed by atoms with E-state index in [2.05, 4.69) is 29.8 Å². The van der Waals surface area contributed by atoms with Gasteiger partial charge in [-0.25, -0.2) is 4.79 Å². The highest BCUT2D eigenvalue weighted by Crippen LogP contribution is 2.10. The van der Waals surface area contributed by atoms with E-state index in [-0.39, 0.29) is 19.1 Å². The van der Waals surface area contributed by atoms with Gasteiger partial charge in [-0.3, -0.25) is 9.59 Å². The smallest absolute Gasteiger partial charge is 0.407 e. The third kappa shape index (κ3) is 25.1. The van der Waals surface area contributed by atoms with Crippen LogP contribution in [0.5, 0.6) is 0 Å². The molecular formula is C24H45N4O8P.